The molecule has 1 aromatic carbocycles. The summed E-state index contributed by atoms with van der Waals surface area (Å²) in [6, 6.07) is 6.10. The zero-order chi connectivity index (χ0) is 26.1. The number of carbonyl (C=O) groups is 2. The molecule has 2 rings (SSSR count). The van der Waals surface area contributed by atoms with E-state index < -0.39 is 23.3 Å². The molecule has 2 N–H and O–H groups in total. The first-order valence-electron chi connectivity index (χ1n) is 11.2. The number of Topliss-reactive ketones (excluding diaryl/α,β-unsaturated/α-hetero) is 1. The van der Waals surface area contributed by atoms with Crippen LogP contribution in [0.1, 0.15) is 39.1 Å². The second-order valence-electron chi connectivity index (χ2n) is 8.30. The molecule has 0 saturated carbocycles. The number of benzene rings is 1. The maximum atomic E-state index is 14.6. The van der Waals surface area contributed by atoms with E-state index in [0.29, 0.717) is 5.56 Å². The molecule has 35 heavy (non-hydrogen) atoms. The SMILES string of the molecule is CCOC(=O)[C@H](CN(C)c1nc(C(N)=CC(=NCc2ccccc2F)C(C)=O)ncc1F)C(C)C. The van der Waals surface area contributed by atoms with E-state index >= 15 is 0 Å². The predicted molar refractivity (Wildman–Crippen MR) is 131 cm³/mol. The summed E-state index contributed by atoms with van der Waals surface area (Å²) < 4.78 is 33.6. The van der Waals surface area contributed by atoms with E-state index in [2.05, 4.69) is 15.0 Å². The maximum absolute atomic E-state index is 14.6. The number of aromatic nitrogens is 2. The number of nitrogens with two attached hydrogens (primary N) is 1. The Balaban J connectivity index is 2.31. The van der Waals surface area contributed by atoms with Gasteiger partial charge in [0.15, 0.2) is 23.2 Å². The van der Waals surface area contributed by atoms with E-state index in [1.54, 1.807) is 32.2 Å². The van der Waals surface area contributed by atoms with Crippen LogP contribution in [-0.2, 0) is 20.9 Å². The highest BCUT2D eigenvalue weighted by atomic mass is 19.1. The van der Waals surface area contributed by atoms with Gasteiger partial charge in [0, 0.05) is 26.1 Å². The number of ether oxygens (including phenoxy) is 1. The number of hydrogen-bond acceptors (Lipinski definition) is 8. The first-order chi connectivity index (χ1) is 16.5. The molecule has 0 saturated heterocycles. The summed E-state index contributed by atoms with van der Waals surface area (Å²) >= 11 is 0. The van der Waals surface area contributed by atoms with Crippen molar-refractivity contribution >= 4 is 29.0 Å². The summed E-state index contributed by atoms with van der Waals surface area (Å²) in [6.07, 6.45) is 2.24. The van der Waals surface area contributed by atoms with Crippen molar-refractivity contribution in [1.29, 1.82) is 0 Å². The van der Waals surface area contributed by atoms with Gasteiger partial charge in [0.1, 0.15) is 11.5 Å². The number of ketones is 1. The molecule has 0 amide bonds. The lowest BCUT2D eigenvalue weighted by Crippen LogP contribution is -2.35. The first kappa shape index (κ1) is 27.6. The largest absolute Gasteiger partial charge is 0.466 e. The van der Waals surface area contributed by atoms with Crippen molar-refractivity contribution in [2.45, 2.75) is 34.2 Å². The van der Waals surface area contributed by atoms with Gasteiger partial charge >= 0.3 is 5.97 Å². The molecule has 1 heterocycles. The zero-order valence-electron chi connectivity index (χ0n) is 20.6. The number of rotatable bonds is 11. The Bertz CT molecular complexity index is 1120. The van der Waals surface area contributed by atoms with E-state index in [0.717, 1.165) is 6.20 Å². The molecule has 0 bridgehead atoms. The Labute approximate surface area is 203 Å². The predicted octanol–water partition coefficient (Wildman–Crippen LogP) is 3.56. The summed E-state index contributed by atoms with van der Waals surface area (Å²) in [5, 5.41) is 0. The van der Waals surface area contributed by atoms with E-state index in [1.807, 2.05) is 13.8 Å². The van der Waals surface area contributed by atoms with Gasteiger partial charge in [0.05, 0.1) is 31.0 Å². The average molecular weight is 488 g/mol. The highest BCUT2D eigenvalue weighted by Crippen LogP contribution is 2.21. The van der Waals surface area contributed by atoms with Crippen LogP contribution in [0.2, 0.25) is 0 Å². The number of halogens is 2. The van der Waals surface area contributed by atoms with Gasteiger partial charge in [0.2, 0.25) is 0 Å². The van der Waals surface area contributed by atoms with Crippen LogP contribution in [0.15, 0.2) is 41.5 Å². The van der Waals surface area contributed by atoms with E-state index in [1.165, 1.54) is 24.0 Å². The molecule has 8 nitrogen and oxygen atoms in total. The number of nitrogens with zero attached hydrogens (tertiary/aromatic N) is 4. The number of carbonyl (C=O) groups excluding carboxylic acids is 2. The fourth-order valence-corrected chi connectivity index (χ4v) is 3.22. The van der Waals surface area contributed by atoms with Crippen molar-refractivity contribution in [2.75, 3.05) is 25.1 Å². The quantitative estimate of drug-likeness (QED) is 0.381. The minimum Gasteiger partial charge on any atom is -0.466 e. The minimum atomic E-state index is -0.699. The summed E-state index contributed by atoms with van der Waals surface area (Å²) in [4.78, 5) is 38.2. The molecule has 0 unspecified atom stereocenters. The van der Waals surface area contributed by atoms with Crippen LogP contribution in [0.5, 0.6) is 0 Å². The molecule has 1 atom stereocenters. The van der Waals surface area contributed by atoms with Crippen LogP contribution < -0.4 is 10.6 Å². The fraction of sp³-hybridized carbons (Fsp3) is 0.400. The lowest BCUT2D eigenvalue weighted by molar-refractivity contribution is -0.149. The standard InChI is InChI=1S/C25H31F2N5O3/c1-6-35-25(34)18(15(2)3)14-32(5)24-20(27)13-30-23(31-24)21(28)11-22(16(4)33)29-12-17-9-7-8-10-19(17)26/h7-11,13,15,18H,6,12,14,28H2,1-5H3/t18-/m1/s1. The smallest absolute Gasteiger partial charge is 0.310 e. The number of anilines is 1. The second kappa shape index (κ2) is 12.7. The minimum absolute atomic E-state index is 0.00392. The molecule has 2 aromatic rings. The molecule has 0 fully saturated rings. The van der Waals surface area contributed by atoms with E-state index in [9.17, 15) is 18.4 Å². The normalized spacial score (nSPS) is 13.0. The van der Waals surface area contributed by atoms with Crippen molar-refractivity contribution in [3.05, 3.63) is 59.6 Å². The summed E-state index contributed by atoms with van der Waals surface area (Å²) in [6.45, 7) is 7.12. The molecule has 0 spiro atoms. The molecule has 0 aliphatic heterocycles. The van der Waals surface area contributed by atoms with Gasteiger partial charge < -0.3 is 15.4 Å². The van der Waals surface area contributed by atoms with Gasteiger partial charge in [-0.2, -0.15) is 0 Å². The Morgan fingerprint density at radius 1 is 1.23 bits per heavy atom. The Morgan fingerprint density at radius 2 is 1.91 bits per heavy atom. The molecular formula is C25H31F2N5O3. The summed E-state index contributed by atoms with van der Waals surface area (Å²) in [5.41, 5.74) is 6.40. The second-order valence-corrected chi connectivity index (χ2v) is 8.30. The Morgan fingerprint density at radius 3 is 2.51 bits per heavy atom. The molecule has 0 aliphatic rings. The monoisotopic (exact) mass is 487 g/mol. The van der Waals surface area contributed by atoms with Crippen molar-refractivity contribution in [2.24, 2.45) is 22.6 Å². The van der Waals surface area contributed by atoms with Crippen LogP contribution in [0, 0.1) is 23.5 Å². The van der Waals surface area contributed by atoms with E-state index in [4.69, 9.17) is 10.5 Å². The van der Waals surface area contributed by atoms with Gasteiger partial charge in [-0.15, -0.1) is 0 Å². The Hall–Kier alpha value is -3.69. The average Bonchev–Trinajstić information content (AvgIpc) is 2.80. The molecule has 10 heteroatoms. The molecule has 0 radical (unpaired) electrons. The summed E-state index contributed by atoms with van der Waals surface area (Å²) in [7, 11) is 1.60. The van der Waals surface area contributed by atoms with E-state index in [-0.39, 0.29) is 54.6 Å². The van der Waals surface area contributed by atoms with Gasteiger partial charge in [-0.3, -0.25) is 14.6 Å². The number of allylic oxidation sites excluding steroid dienone is 1. The maximum Gasteiger partial charge on any atom is 0.310 e. The van der Waals surface area contributed by atoms with Crippen molar-refractivity contribution in [3.63, 3.8) is 0 Å². The van der Waals surface area contributed by atoms with Crippen LogP contribution in [-0.4, -0.2) is 47.6 Å². The number of esters is 1. The first-order valence-corrected chi connectivity index (χ1v) is 11.2. The molecule has 0 aliphatic carbocycles. The number of aliphatic imine (C=N–C) groups is 1. The van der Waals surface area contributed by atoms with Crippen molar-refractivity contribution in [1.82, 2.24) is 9.97 Å². The zero-order valence-corrected chi connectivity index (χ0v) is 20.6. The highest BCUT2D eigenvalue weighted by Gasteiger charge is 2.27. The van der Waals surface area contributed by atoms with Crippen LogP contribution in [0.3, 0.4) is 0 Å². The van der Waals surface area contributed by atoms with Crippen molar-refractivity contribution in [3.8, 4) is 0 Å². The van der Waals surface area contributed by atoms with Crippen LogP contribution in [0.25, 0.3) is 5.70 Å². The topological polar surface area (TPSA) is 111 Å². The van der Waals surface area contributed by atoms with Crippen molar-refractivity contribution < 1.29 is 23.1 Å². The molecule has 1 aromatic heterocycles. The highest BCUT2D eigenvalue weighted by molar-refractivity contribution is 6.44. The van der Waals surface area contributed by atoms with Gasteiger partial charge in [-0.25, -0.2) is 18.7 Å². The number of hydrogen-bond donors (Lipinski definition) is 1. The third-order valence-electron chi connectivity index (χ3n) is 5.24. The lowest BCUT2D eigenvalue weighted by atomic mass is 9.95. The van der Waals surface area contributed by atoms with Crippen LogP contribution in [0.4, 0.5) is 14.6 Å². The molecular weight excluding hydrogens is 456 g/mol. The third-order valence-corrected chi connectivity index (χ3v) is 5.24. The Kier molecular flexibility index (Phi) is 9.98. The lowest BCUT2D eigenvalue weighted by Gasteiger charge is -2.26. The third kappa shape index (κ3) is 7.66. The van der Waals surface area contributed by atoms with Gasteiger partial charge in [-0.05, 0) is 25.0 Å². The van der Waals surface area contributed by atoms with Crippen LogP contribution >= 0.6 is 0 Å². The fourth-order valence-electron chi connectivity index (χ4n) is 3.22. The summed E-state index contributed by atoms with van der Waals surface area (Å²) in [5.74, 6) is -2.53. The van der Waals surface area contributed by atoms with Gasteiger partial charge in [0.25, 0.3) is 0 Å². The van der Waals surface area contributed by atoms with Gasteiger partial charge in [-0.1, -0.05) is 32.0 Å². The molecule has 188 valence electrons.